The van der Waals surface area contributed by atoms with Crippen LogP contribution < -0.4 is 9.47 Å². The molecular weight excluding hydrogens is 326 g/mol. The highest BCUT2D eigenvalue weighted by Gasteiger charge is 2.14. The number of para-hydroxylation sites is 1. The van der Waals surface area contributed by atoms with Crippen LogP contribution in [0, 0.1) is 10.1 Å². The lowest BCUT2D eigenvalue weighted by molar-refractivity contribution is -0.384. The van der Waals surface area contributed by atoms with Gasteiger partial charge in [-0.1, -0.05) is 29.8 Å². The number of nitro benzene ring substituents is 1. The van der Waals surface area contributed by atoms with E-state index >= 15 is 0 Å². The summed E-state index contributed by atoms with van der Waals surface area (Å²) in [5, 5.41) is 19.1. The van der Waals surface area contributed by atoms with Crippen LogP contribution in [-0.4, -0.2) is 30.2 Å². The lowest BCUT2D eigenvalue weighted by atomic mass is 10.2. The van der Waals surface area contributed by atoms with Crippen LogP contribution >= 0.6 is 11.6 Å². The van der Waals surface area contributed by atoms with Crippen molar-refractivity contribution in [1.29, 1.82) is 0 Å². The molecule has 122 valence electrons. The van der Waals surface area contributed by atoms with Crippen molar-refractivity contribution in [2.24, 2.45) is 0 Å². The van der Waals surface area contributed by atoms with Gasteiger partial charge in [-0.2, -0.15) is 0 Å². The quantitative estimate of drug-likeness (QED) is 0.674. The maximum Gasteiger partial charge on any atom is 0.339 e. The number of nitrogens with zero attached hydrogens (tertiary/aromatic N) is 1. The summed E-state index contributed by atoms with van der Waals surface area (Å²) in [7, 11) is 2.80. The van der Waals surface area contributed by atoms with E-state index in [2.05, 4.69) is 0 Å². The van der Waals surface area contributed by atoms with Gasteiger partial charge in [0.1, 0.15) is 17.1 Å². The third-order valence-electron chi connectivity index (χ3n) is 2.67. The van der Waals surface area contributed by atoms with E-state index in [0.29, 0.717) is 10.8 Å². The van der Waals surface area contributed by atoms with E-state index in [-0.39, 0.29) is 17.0 Å². The number of carboxylic acid groups (broad SMARTS) is 1. The molecule has 0 saturated heterocycles. The Hall–Kier alpha value is -2.80. The molecule has 0 aromatic heterocycles. The molecule has 23 heavy (non-hydrogen) atoms. The molecule has 0 radical (unpaired) electrons. The van der Waals surface area contributed by atoms with Gasteiger partial charge in [0.15, 0.2) is 0 Å². The van der Waals surface area contributed by atoms with Crippen LogP contribution in [0.1, 0.15) is 10.4 Å². The Balaban J connectivity index is 0.000000253. The first-order valence-corrected chi connectivity index (χ1v) is 6.62. The van der Waals surface area contributed by atoms with Crippen LogP contribution in [-0.2, 0) is 0 Å². The summed E-state index contributed by atoms with van der Waals surface area (Å²) in [5.41, 5.74) is 0.159. The van der Waals surface area contributed by atoms with Gasteiger partial charge in [-0.25, -0.2) is 4.79 Å². The molecule has 0 unspecified atom stereocenters. The minimum absolute atomic E-state index is 0.0220. The summed E-state index contributed by atoms with van der Waals surface area (Å²) in [6.07, 6.45) is 0. The van der Waals surface area contributed by atoms with Crippen molar-refractivity contribution in [3.63, 3.8) is 0 Å². The summed E-state index contributed by atoms with van der Waals surface area (Å²) in [5.74, 6) is -0.565. The summed E-state index contributed by atoms with van der Waals surface area (Å²) in [4.78, 5) is 20.4. The highest BCUT2D eigenvalue weighted by Crippen LogP contribution is 2.32. The van der Waals surface area contributed by atoms with Crippen LogP contribution in [0.4, 0.5) is 5.69 Å². The van der Waals surface area contributed by atoms with Crippen molar-refractivity contribution >= 4 is 23.3 Å². The van der Waals surface area contributed by atoms with Gasteiger partial charge in [-0.05, 0) is 6.07 Å². The Morgan fingerprint density at radius 2 is 1.70 bits per heavy atom. The van der Waals surface area contributed by atoms with Crippen molar-refractivity contribution in [2.45, 2.75) is 0 Å². The number of carbonyl (C=O) groups is 1. The van der Waals surface area contributed by atoms with E-state index in [1.165, 1.54) is 38.5 Å². The zero-order valence-electron chi connectivity index (χ0n) is 12.4. The number of rotatable bonds is 4. The largest absolute Gasteiger partial charge is 0.496 e. The Bertz CT molecular complexity index is 690. The molecule has 7 nitrogen and oxygen atoms in total. The van der Waals surface area contributed by atoms with Crippen LogP contribution in [0.3, 0.4) is 0 Å². The van der Waals surface area contributed by atoms with Crippen molar-refractivity contribution in [2.75, 3.05) is 14.2 Å². The average molecular weight is 340 g/mol. The molecule has 0 amide bonds. The molecular formula is C15H14ClNO6. The van der Waals surface area contributed by atoms with Crippen molar-refractivity contribution in [3.8, 4) is 11.5 Å². The van der Waals surface area contributed by atoms with Crippen molar-refractivity contribution in [1.82, 2.24) is 0 Å². The van der Waals surface area contributed by atoms with E-state index in [0.717, 1.165) is 0 Å². The Labute approximate surface area is 137 Å². The normalized spacial score (nSPS) is 9.35. The maximum atomic E-state index is 10.8. The average Bonchev–Trinajstić information content (AvgIpc) is 2.55. The second-order valence-electron chi connectivity index (χ2n) is 4.08. The Morgan fingerprint density at radius 3 is 2.09 bits per heavy atom. The molecule has 0 saturated carbocycles. The minimum Gasteiger partial charge on any atom is -0.496 e. The topological polar surface area (TPSA) is 98.9 Å². The first-order chi connectivity index (χ1) is 10.9. The number of nitro groups is 1. The molecule has 0 aliphatic rings. The number of carboxylic acids is 1. The molecule has 0 spiro atoms. The van der Waals surface area contributed by atoms with Crippen molar-refractivity contribution in [3.05, 3.63) is 63.2 Å². The van der Waals surface area contributed by atoms with Gasteiger partial charge in [0.2, 0.25) is 0 Å². The summed E-state index contributed by atoms with van der Waals surface area (Å²) >= 11 is 5.79. The SMILES string of the molecule is COc1cc(C(=O)O)c(OC)cc1Cl.O=[N+]([O-])c1ccccc1. The predicted octanol–water partition coefficient (Wildman–Crippen LogP) is 3.65. The molecule has 0 aliphatic carbocycles. The second kappa shape index (κ2) is 8.60. The summed E-state index contributed by atoms with van der Waals surface area (Å²) < 4.78 is 9.75. The number of benzene rings is 2. The van der Waals surface area contributed by atoms with E-state index in [4.69, 9.17) is 26.2 Å². The number of non-ortho nitro benzene ring substituents is 1. The molecule has 0 atom stereocenters. The fourth-order valence-electron chi connectivity index (χ4n) is 1.58. The lowest BCUT2D eigenvalue weighted by Gasteiger charge is -2.08. The number of aromatic carboxylic acids is 1. The number of halogens is 1. The monoisotopic (exact) mass is 339 g/mol. The molecule has 0 fully saturated rings. The molecule has 2 aromatic rings. The van der Waals surface area contributed by atoms with Crippen LogP contribution in [0.5, 0.6) is 11.5 Å². The van der Waals surface area contributed by atoms with E-state index in [1.54, 1.807) is 18.2 Å². The zero-order valence-corrected chi connectivity index (χ0v) is 13.1. The molecule has 0 heterocycles. The second-order valence-corrected chi connectivity index (χ2v) is 4.49. The minimum atomic E-state index is -1.09. The standard InChI is InChI=1S/C9H9ClO4.C6H5NO2/c1-13-7-4-6(10)8(14-2)3-5(7)9(11)12;8-7(9)6-4-2-1-3-5-6/h3-4H,1-2H3,(H,11,12);1-5H. The third kappa shape index (κ3) is 5.15. The molecule has 2 rings (SSSR count). The molecule has 1 N–H and O–H groups in total. The molecule has 0 aliphatic heterocycles. The highest BCUT2D eigenvalue weighted by molar-refractivity contribution is 6.32. The molecule has 0 bridgehead atoms. The smallest absolute Gasteiger partial charge is 0.339 e. The molecule has 8 heteroatoms. The van der Waals surface area contributed by atoms with E-state index in [1.807, 2.05) is 0 Å². The van der Waals surface area contributed by atoms with Gasteiger partial charge >= 0.3 is 5.97 Å². The van der Waals surface area contributed by atoms with E-state index in [9.17, 15) is 14.9 Å². The van der Waals surface area contributed by atoms with Gasteiger partial charge < -0.3 is 14.6 Å². The highest BCUT2D eigenvalue weighted by atomic mass is 35.5. The lowest BCUT2D eigenvalue weighted by Crippen LogP contribution is -2.01. The van der Waals surface area contributed by atoms with Gasteiger partial charge in [0.25, 0.3) is 5.69 Å². The van der Waals surface area contributed by atoms with Gasteiger partial charge in [-0.3, -0.25) is 10.1 Å². The number of hydrogen-bond acceptors (Lipinski definition) is 5. The molecule has 2 aromatic carbocycles. The van der Waals surface area contributed by atoms with Gasteiger partial charge in [0.05, 0.1) is 24.2 Å². The van der Waals surface area contributed by atoms with Gasteiger partial charge in [-0.15, -0.1) is 0 Å². The summed E-state index contributed by atoms with van der Waals surface area (Å²) in [6.45, 7) is 0. The number of hydrogen-bond donors (Lipinski definition) is 1. The van der Waals surface area contributed by atoms with E-state index < -0.39 is 10.9 Å². The van der Waals surface area contributed by atoms with Crippen LogP contribution in [0.15, 0.2) is 42.5 Å². The third-order valence-corrected chi connectivity index (χ3v) is 2.97. The fourth-order valence-corrected chi connectivity index (χ4v) is 1.81. The number of ether oxygens (including phenoxy) is 2. The summed E-state index contributed by atoms with van der Waals surface area (Å²) in [6, 6.07) is 10.7. The zero-order chi connectivity index (χ0) is 17.4. The number of methoxy groups -OCH3 is 2. The first-order valence-electron chi connectivity index (χ1n) is 6.25. The fraction of sp³-hybridized carbons (Fsp3) is 0.133. The van der Waals surface area contributed by atoms with Crippen molar-refractivity contribution < 1.29 is 24.3 Å². The predicted molar refractivity (Wildman–Crippen MR) is 84.6 cm³/mol. The van der Waals surface area contributed by atoms with Crippen LogP contribution in [0.25, 0.3) is 0 Å². The van der Waals surface area contributed by atoms with Gasteiger partial charge in [0, 0.05) is 18.2 Å². The Morgan fingerprint density at radius 1 is 1.13 bits per heavy atom. The van der Waals surface area contributed by atoms with Crippen LogP contribution in [0.2, 0.25) is 5.02 Å². The first kappa shape index (κ1) is 18.2. The Kier molecular flexibility index (Phi) is 6.82. The maximum absolute atomic E-state index is 10.8.